The third-order valence-corrected chi connectivity index (χ3v) is 8.70. The van der Waals surface area contributed by atoms with Crippen LogP contribution in [0.25, 0.3) is 0 Å². The van der Waals surface area contributed by atoms with Gasteiger partial charge in [0.25, 0.3) is 0 Å². The molecule has 1 fully saturated rings. The maximum absolute atomic E-state index is 12.3. The van der Waals surface area contributed by atoms with Gasteiger partial charge >= 0.3 is 5.97 Å². The van der Waals surface area contributed by atoms with Crippen LogP contribution in [-0.4, -0.2) is 56.4 Å². The van der Waals surface area contributed by atoms with E-state index in [1.165, 1.54) is 5.19 Å². The molecular formula is C16H25NO3Si. The fourth-order valence-corrected chi connectivity index (χ4v) is 7.23. The van der Waals surface area contributed by atoms with E-state index in [9.17, 15) is 9.90 Å². The van der Waals surface area contributed by atoms with Crippen LogP contribution < -0.4 is 5.19 Å². The third-order valence-electron chi connectivity index (χ3n) is 4.57. The normalized spacial score (nSPS) is 27.8. The van der Waals surface area contributed by atoms with Gasteiger partial charge in [0.1, 0.15) is 12.1 Å². The smallest absolute Gasteiger partial charge is 0.323 e. The highest BCUT2D eigenvalue weighted by Crippen LogP contribution is 2.40. The quantitative estimate of drug-likeness (QED) is 0.671. The Kier molecular flexibility index (Phi) is 4.56. The van der Waals surface area contributed by atoms with Gasteiger partial charge in [0, 0.05) is 5.54 Å². The summed E-state index contributed by atoms with van der Waals surface area (Å²) in [5.41, 5.74) is 0.0300. The van der Waals surface area contributed by atoms with Crippen molar-refractivity contribution in [2.75, 3.05) is 14.1 Å². The summed E-state index contributed by atoms with van der Waals surface area (Å²) in [5, 5.41) is 11.4. The zero-order valence-corrected chi connectivity index (χ0v) is 14.4. The SMILES string of the molecule is C[C@H](O)[C@H]1OC(=O)[C@H](N(C)C)[C@@H]1[Si](C)(C)c1ccccc1. The molecule has 0 aromatic heterocycles. The fraction of sp³-hybridized carbons (Fsp3) is 0.562. The highest BCUT2D eigenvalue weighted by molar-refractivity contribution is 6.91. The zero-order valence-electron chi connectivity index (χ0n) is 13.4. The molecule has 0 spiro atoms. The number of cyclic esters (lactones) is 1. The molecule has 1 saturated heterocycles. The van der Waals surface area contributed by atoms with E-state index < -0.39 is 20.3 Å². The van der Waals surface area contributed by atoms with Gasteiger partial charge in [0.15, 0.2) is 0 Å². The first-order chi connectivity index (χ1) is 9.76. The summed E-state index contributed by atoms with van der Waals surface area (Å²) in [4.78, 5) is 14.2. The van der Waals surface area contributed by atoms with Crippen molar-refractivity contribution in [3.8, 4) is 0 Å². The molecule has 0 amide bonds. The number of hydrogen-bond donors (Lipinski definition) is 1. The number of likely N-dealkylation sites (N-methyl/N-ethyl adjacent to an activating group) is 1. The molecule has 1 heterocycles. The summed E-state index contributed by atoms with van der Waals surface area (Å²) in [5.74, 6) is -0.215. The molecule has 0 radical (unpaired) electrons. The molecule has 1 aliphatic heterocycles. The van der Waals surface area contributed by atoms with Crippen LogP contribution in [-0.2, 0) is 9.53 Å². The average molecular weight is 307 g/mol. The molecule has 2 rings (SSSR count). The number of aliphatic hydroxyl groups excluding tert-OH is 1. The number of benzene rings is 1. The van der Waals surface area contributed by atoms with Crippen molar-refractivity contribution in [2.45, 2.75) is 43.8 Å². The molecule has 4 atom stereocenters. The Morgan fingerprint density at radius 3 is 2.29 bits per heavy atom. The lowest BCUT2D eigenvalue weighted by Gasteiger charge is -2.37. The van der Waals surface area contributed by atoms with Crippen molar-refractivity contribution < 1.29 is 14.6 Å². The molecule has 0 aliphatic carbocycles. The van der Waals surface area contributed by atoms with Crippen molar-refractivity contribution in [3.63, 3.8) is 0 Å². The molecule has 21 heavy (non-hydrogen) atoms. The van der Waals surface area contributed by atoms with E-state index in [0.717, 1.165) is 0 Å². The molecular weight excluding hydrogens is 282 g/mol. The number of esters is 1. The minimum atomic E-state index is -1.99. The molecule has 1 aliphatic rings. The van der Waals surface area contributed by atoms with Crippen LogP contribution >= 0.6 is 0 Å². The number of hydrogen-bond acceptors (Lipinski definition) is 4. The van der Waals surface area contributed by atoms with E-state index in [2.05, 4.69) is 25.2 Å². The second-order valence-corrected chi connectivity index (χ2v) is 11.4. The summed E-state index contributed by atoms with van der Waals surface area (Å²) in [6.45, 7) is 6.21. The zero-order chi connectivity index (χ0) is 15.8. The van der Waals surface area contributed by atoms with Gasteiger partial charge < -0.3 is 9.84 Å². The summed E-state index contributed by atoms with van der Waals surface area (Å²) < 4.78 is 5.52. The highest BCUT2D eigenvalue weighted by Gasteiger charge is 2.55. The minimum absolute atomic E-state index is 0.0300. The molecule has 1 N–H and O–H groups in total. The molecule has 0 saturated carbocycles. The number of nitrogens with zero attached hydrogens (tertiary/aromatic N) is 1. The van der Waals surface area contributed by atoms with Gasteiger partial charge in [-0.15, -0.1) is 0 Å². The Labute approximate surface area is 127 Å². The van der Waals surface area contributed by atoms with Gasteiger partial charge in [0.2, 0.25) is 0 Å². The summed E-state index contributed by atoms with van der Waals surface area (Å²) in [6, 6.07) is 10.0. The lowest BCUT2D eigenvalue weighted by Crippen LogP contribution is -2.56. The van der Waals surface area contributed by atoms with Crippen LogP contribution in [0.1, 0.15) is 6.92 Å². The van der Waals surface area contributed by atoms with E-state index >= 15 is 0 Å². The first-order valence-electron chi connectivity index (χ1n) is 7.37. The van der Waals surface area contributed by atoms with Gasteiger partial charge in [-0.2, -0.15) is 0 Å². The average Bonchev–Trinajstić information content (AvgIpc) is 2.78. The van der Waals surface area contributed by atoms with E-state index in [-0.39, 0.29) is 17.6 Å². The van der Waals surface area contributed by atoms with Crippen molar-refractivity contribution >= 4 is 19.2 Å². The number of carbonyl (C=O) groups excluding carboxylic acids is 1. The number of rotatable bonds is 4. The van der Waals surface area contributed by atoms with Gasteiger partial charge in [-0.3, -0.25) is 9.69 Å². The monoisotopic (exact) mass is 307 g/mol. The molecule has 5 heteroatoms. The predicted molar refractivity (Wildman–Crippen MR) is 86.3 cm³/mol. The van der Waals surface area contributed by atoms with Crippen LogP contribution in [0.2, 0.25) is 18.6 Å². The minimum Gasteiger partial charge on any atom is -0.458 e. The lowest BCUT2D eigenvalue weighted by atomic mass is 10.1. The van der Waals surface area contributed by atoms with Gasteiger partial charge in [-0.25, -0.2) is 0 Å². The maximum atomic E-state index is 12.3. The van der Waals surface area contributed by atoms with Crippen LogP contribution in [0.5, 0.6) is 0 Å². The highest BCUT2D eigenvalue weighted by atomic mass is 28.3. The van der Waals surface area contributed by atoms with Crippen molar-refractivity contribution in [1.82, 2.24) is 4.90 Å². The second kappa shape index (κ2) is 5.91. The third kappa shape index (κ3) is 2.91. The van der Waals surface area contributed by atoms with E-state index in [4.69, 9.17) is 4.74 Å². The Hall–Kier alpha value is -1.17. The summed E-state index contributed by atoms with van der Waals surface area (Å²) >= 11 is 0. The predicted octanol–water partition coefficient (Wildman–Crippen LogP) is 1.21. The standard InChI is InChI=1S/C16H25NO3Si/c1-11(18)14-15(13(17(2)3)16(19)20-14)21(4,5)12-9-7-6-8-10-12/h6-11,13-15,18H,1-5H3/t11-,13+,14+,15-/m0/s1. The van der Waals surface area contributed by atoms with E-state index in [1.54, 1.807) is 6.92 Å². The lowest BCUT2D eigenvalue weighted by molar-refractivity contribution is -0.147. The molecule has 0 bridgehead atoms. The first kappa shape index (κ1) is 16.2. The van der Waals surface area contributed by atoms with Crippen LogP contribution in [0, 0.1) is 0 Å². The fourth-order valence-electron chi connectivity index (χ4n) is 3.40. The first-order valence-corrected chi connectivity index (χ1v) is 10.4. The second-order valence-electron chi connectivity index (χ2n) is 6.66. The Balaban J connectivity index is 2.47. The van der Waals surface area contributed by atoms with E-state index in [0.29, 0.717) is 0 Å². The number of carbonyl (C=O) groups is 1. The topological polar surface area (TPSA) is 49.8 Å². The van der Waals surface area contributed by atoms with Gasteiger partial charge in [-0.1, -0.05) is 48.6 Å². The van der Waals surface area contributed by atoms with Crippen LogP contribution in [0.3, 0.4) is 0 Å². The summed E-state index contributed by atoms with van der Waals surface area (Å²) in [6.07, 6.45) is -1.08. The Morgan fingerprint density at radius 2 is 1.81 bits per heavy atom. The van der Waals surface area contributed by atoms with Gasteiger partial charge in [-0.05, 0) is 21.0 Å². The van der Waals surface area contributed by atoms with Crippen LogP contribution in [0.4, 0.5) is 0 Å². The van der Waals surface area contributed by atoms with Gasteiger partial charge in [0.05, 0.1) is 14.2 Å². The molecule has 1 aromatic rings. The molecule has 0 unspecified atom stereocenters. The Morgan fingerprint density at radius 1 is 1.24 bits per heavy atom. The molecule has 116 valence electrons. The molecule has 1 aromatic carbocycles. The Bertz CT molecular complexity index is 502. The van der Waals surface area contributed by atoms with Crippen LogP contribution in [0.15, 0.2) is 30.3 Å². The maximum Gasteiger partial charge on any atom is 0.323 e. The molecule has 4 nitrogen and oxygen atoms in total. The summed E-state index contributed by atoms with van der Waals surface area (Å²) in [7, 11) is 1.82. The van der Waals surface area contributed by atoms with Crippen molar-refractivity contribution in [1.29, 1.82) is 0 Å². The number of ether oxygens (including phenoxy) is 1. The van der Waals surface area contributed by atoms with E-state index in [1.807, 2.05) is 37.2 Å². The van der Waals surface area contributed by atoms with Crippen molar-refractivity contribution in [2.24, 2.45) is 0 Å². The largest absolute Gasteiger partial charge is 0.458 e. The van der Waals surface area contributed by atoms with Crippen molar-refractivity contribution in [3.05, 3.63) is 30.3 Å². The number of aliphatic hydroxyl groups is 1.